The van der Waals surface area contributed by atoms with E-state index in [9.17, 15) is 27.2 Å². The second-order valence-electron chi connectivity index (χ2n) is 4.97. The Labute approximate surface area is 117 Å². The van der Waals surface area contributed by atoms with Crippen LogP contribution in [0.15, 0.2) is 18.2 Å². The summed E-state index contributed by atoms with van der Waals surface area (Å²) in [5.74, 6) is -3.49. The number of halogens is 4. The van der Waals surface area contributed by atoms with Crippen molar-refractivity contribution in [3.63, 3.8) is 0 Å². The van der Waals surface area contributed by atoms with Crippen molar-refractivity contribution in [3.8, 4) is 0 Å². The highest BCUT2D eigenvalue weighted by atomic mass is 19.4. The van der Waals surface area contributed by atoms with Crippen LogP contribution in [0.3, 0.4) is 0 Å². The third-order valence-corrected chi connectivity index (χ3v) is 2.69. The molecule has 0 bridgehead atoms. The average molecular weight is 307 g/mol. The smallest absolute Gasteiger partial charge is 0.419 e. The van der Waals surface area contributed by atoms with Crippen molar-refractivity contribution in [2.24, 2.45) is 0 Å². The number of carbonyl (C=O) groups excluding carboxylic acids is 1. The first-order chi connectivity index (χ1) is 9.43. The maximum atomic E-state index is 13.1. The van der Waals surface area contributed by atoms with Gasteiger partial charge in [-0.25, -0.2) is 9.18 Å². The lowest BCUT2D eigenvalue weighted by Crippen LogP contribution is -2.50. The minimum atomic E-state index is -4.86. The number of carboxylic acid groups (broad SMARTS) is 1. The quantitative estimate of drug-likeness (QED) is 0.839. The predicted molar refractivity (Wildman–Crippen MR) is 65.0 cm³/mol. The molecule has 4 nitrogen and oxygen atoms in total. The number of carbonyl (C=O) groups is 2. The van der Waals surface area contributed by atoms with E-state index in [2.05, 4.69) is 5.32 Å². The summed E-state index contributed by atoms with van der Waals surface area (Å²) in [6, 6.07) is 2.19. The van der Waals surface area contributed by atoms with Crippen LogP contribution in [0, 0.1) is 5.82 Å². The molecule has 0 aliphatic rings. The first-order valence-electron chi connectivity index (χ1n) is 5.83. The van der Waals surface area contributed by atoms with E-state index in [0.717, 1.165) is 6.07 Å². The topological polar surface area (TPSA) is 66.4 Å². The highest BCUT2D eigenvalue weighted by molar-refractivity contribution is 5.87. The summed E-state index contributed by atoms with van der Waals surface area (Å²) in [6.45, 7) is 2.47. The van der Waals surface area contributed by atoms with Gasteiger partial charge in [-0.2, -0.15) is 13.2 Å². The van der Waals surface area contributed by atoms with Gasteiger partial charge in [-0.1, -0.05) is 6.07 Å². The van der Waals surface area contributed by atoms with E-state index in [0.29, 0.717) is 12.1 Å². The Hall–Kier alpha value is -2.12. The van der Waals surface area contributed by atoms with Crippen molar-refractivity contribution in [2.75, 3.05) is 0 Å². The Morgan fingerprint density at radius 3 is 2.29 bits per heavy atom. The van der Waals surface area contributed by atoms with Gasteiger partial charge in [0.05, 0.1) is 12.0 Å². The van der Waals surface area contributed by atoms with Gasteiger partial charge < -0.3 is 10.4 Å². The third-order valence-electron chi connectivity index (χ3n) is 2.69. The summed E-state index contributed by atoms with van der Waals surface area (Å²) >= 11 is 0. The molecule has 0 aromatic heterocycles. The zero-order valence-electron chi connectivity index (χ0n) is 11.2. The number of rotatable bonds is 4. The minimum absolute atomic E-state index is 0.0672. The summed E-state index contributed by atoms with van der Waals surface area (Å²) in [4.78, 5) is 22.5. The molecule has 8 heteroatoms. The van der Waals surface area contributed by atoms with Crippen LogP contribution in [0.25, 0.3) is 0 Å². The SMILES string of the molecule is CC(C)(NC(=O)Cc1ccc(F)c(C(F)(F)F)c1)C(=O)O. The zero-order valence-corrected chi connectivity index (χ0v) is 11.2. The summed E-state index contributed by atoms with van der Waals surface area (Å²) in [5, 5.41) is 11.0. The summed E-state index contributed by atoms with van der Waals surface area (Å²) in [7, 11) is 0. The Morgan fingerprint density at radius 2 is 1.81 bits per heavy atom. The number of aliphatic carboxylic acids is 1. The van der Waals surface area contributed by atoms with Crippen LogP contribution >= 0.6 is 0 Å². The molecule has 116 valence electrons. The van der Waals surface area contributed by atoms with Gasteiger partial charge in [-0.05, 0) is 31.5 Å². The Bertz CT molecular complexity index is 567. The predicted octanol–water partition coefficient (Wildman–Crippen LogP) is 2.37. The van der Waals surface area contributed by atoms with Gasteiger partial charge >= 0.3 is 12.1 Å². The van der Waals surface area contributed by atoms with E-state index in [1.54, 1.807) is 0 Å². The van der Waals surface area contributed by atoms with Crippen LogP contribution in [-0.2, 0) is 22.2 Å². The largest absolute Gasteiger partial charge is 0.480 e. The van der Waals surface area contributed by atoms with Crippen molar-refractivity contribution >= 4 is 11.9 Å². The molecule has 0 aliphatic carbocycles. The van der Waals surface area contributed by atoms with Crippen LogP contribution in [0.5, 0.6) is 0 Å². The van der Waals surface area contributed by atoms with Gasteiger partial charge in [0, 0.05) is 0 Å². The highest BCUT2D eigenvalue weighted by Gasteiger charge is 2.34. The monoisotopic (exact) mass is 307 g/mol. The van der Waals surface area contributed by atoms with E-state index >= 15 is 0 Å². The molecule has 0 spiro atoms. The zero-order chi connectivity index (χ0) is 16.4. The molecule has 0 atom stereocenters. The number of amides is 1. The molecular formula is C13H13F4NO3. The van der Waals surface area contributed by atoms with Gasteiger partial charge in [0.1, 0.15) is 11.4 Å². The number of benzene rings is 1. The fourth-order valence-electron chi connectivity index (χ4n) is 1.53. The lowest BCUT2D eigenvalue weighted by molar-refractivity contribution is -0.145. The lowest BCUT2D eigenvalue weighted by Gasteiger charge is -2.21. The van der Waals surface area contributed by atoms with Crippen molar-refractivity contribution in [1.29, 1.82) is 0 Å². The summed E-state index contributed by atoms with van der Waals surface area (Å²) in [5.41, 5.74) is -3.09. The van der Waals surface area contributed by atoms with E-state index < -0.39 is 41.4 Å². The fourth-order valence-corrected chi connectivity index (χ4v) is 1.53. The van der Waals surface area contributed by atoms with Gasteiger partial charge in [0.2, 0.25) is 5.91 Å². The maximum absolute atomic E-state index is 13.1. The summed E-state index contributed by atoms with van der Waals surface area (Å²) in [6.07, 6.45) is -5.35. The van der Waals surface area contributed by atoms with E-state index in [1.165, 1.54) is 13.8 Å². The maximum Gasteiger partial charge on any atom is 0.419 e. The van der Waals surface area contributed by atoms with E-state index in [1.807, 2.05) is 0 Å². The second-order valence-corrected chi connectivity index (χ2v) is 4.97. The van der Waals surface area contributed by atoms with Gasteiger partial charge in [-0.15, -0.1) is 0 Å². The molecule has 0 radical (unpaired) electrons. The molecule has 1 rings (SSSR count). The first-order valence-corrected chi connectivity index (χ1v) is 5.83. The Kier molecular flexibility index (Phi) is 4.60. The summed E-state index contributed by atoms with van der Waals surface area (Å²) < 4.78 is 50.7. The van der Waals surface area contributed by atoms with Crippen molar-refractivity contribution in [2.45, 2.75) is 32.0 Å². The molecule has 1 aromatic carbocycles. The van der Waals surface area contributed by atoms with Crippen LogP contribution in [0.1, 0.15) is 25.0 Å². The molecule has 0 fully saturated rings. The first kappa shape index (κ1) is 16.9. The lowest BCUT2D eigenvalue weighted by atomic mass is 10.0. The van der Waals surface area contributed by atoms with Crippen LogP contribution in [0.2, 0.25) is 0 Å². The molecule has 0 heterocycles. The second kappa shape index (κ2) is 5.71. The third kappa shape index (κ3) is 4.44. The Balaban J connectivity index is 2.90. The number of carboxylic acids is 1. The van der Waals surface area contributed by atoms with Crippen LogP contribution < -0.4 is 5.32 Å². The molecule has 0 aliphatic heterocycles. The molecule has 2 N–H and O–H groups in total. The van der Waals surface area contributed by atoms with E-state index in [4.69, 9.17) is 5.11 Å². The number of nitrogens with one attached hydrogen (secondary N) is 1. The number of hydrogen-bond donors (Lipinski definition) is 2. The molecule has 1 aromatic rings. The van der Waals surface area contributed by atoms with Gasteiger partial charge in [-0.3, -0.25) is 4.79 Å². The van der Waals surface area contributed by atoms with Gasteiger partial charge in [0.25, 0.3) is 0 Å². The van der Waals surface area contributed by atoms with Crippen molar-refractivity contribution in [1.82, 2.24) is 5.32 Å². The van der Waals surface area contributed by atoms with Crippen LogP contribution in [0.4, 0.5) is 17.6 Å². The Morgan fingerprint density at radius 1 is 1.24 bits per heavy atom. The minimum Gasteiger partial charge on any atom is -0.480 e. The van der Waals surface area contributed by atoms with Gasteiger partial charge in [0.15, 0.2) is 0 Å². The highest BCUT2D eigenvalue weighted by Crippen LogP contribution is 2.31. The van der Waals surface area contributed by atoms with Crippen molar-refractivity contribution < 1.29 is 32.3 Å². The molecule has 0 unspecified atom stereocenters. The fraction of sp³-hybridized carbons (Fsp3) is 0.385. The molecular weight excluding hydrogens is 294 g/mol. The average Bonchev–Trinajstić information content (AvgIpc) is 2.29. The normalized spacial score (nSPS) is 12.1. The van der Waals surface area contributed by atoms with Crippen LogP contribution in [-0.4, -0.2) is 22.5 Å². The number of hydrogen-bond acceptors (Lipinski definition) is 2. The molecule has 0 saturated heterocycles. The van der Waals surface area contributed by atoms with Crippen molar-refractivity contribution in [3.05, 3.63) is 35.1 Å². The number of alkyl halides is 3. The molecule has 1 amide bonds. The van der Waals surface area contributed by atoms with E-state index in [-0.39, 0.29) is 5.56 Å². The molecule has 21 heavy (non-hydrogen) atoms. The standard InChI is InChI=1S/C13H13F4NO3/c1-12(2,11(20)21)18-10(19)6-7-3-4-9(14)8(5-7)13(15,16)17/h3-5H,6H2,1-2H3,(H,18,19)(H,20,21). The molecule has 0 saturated carbocycles.